The van der Waals surface area contributed by atoms with Crippen LogP contribution in [0.2, 0.25) is 0 Å². The Morgan fingerprint density at radius 3 is 2.46 bits per heavy atom. The monoisotopic (exact) mass is 333 g/mol. The largest absolute Gasteiger partial charge is 0.368 e. The number of anilines is 1. The average Bonchev–Trinajstić information content (AvgIpc) is 3.37. The molecule has 1 heterocycles. The number of rotatable bonds is 5. The van der Waals surface area contributed by atoms with Crippen LogP contribution in [0.4, 0.5) is 10.1 Å². The Morgan fingerprint density at radius 1 is 1.21 bits per heavy atom. The molecular weight excluding hydrogens is 309 g/mol. The molecule has 1 saturated heterocycles. The molecule has 24 heavy (non-hydrogen) atoms. The molecule has 1 aromatic carbocycles. The van der Waals surface area contributed by atoms with Crippen LogP contribution in [0.15, 0.2) is 18.2 Å². The van der Waals surface area contributed by atoms with Crippen LogP contribution in [0.5, 0.6) is 0 Å². The zero-order chi connectivity index (χ0) is 17.3. The fraction of sp³-hybridized carbons (Fsp3) is 0.556. The number of nitrogens with one attached hydrogen (secondary N) is 1. The fourth-order valence-corrected chi connectivity index (χ4v) is 3.19. The van der Waals surface area contributed by atoms with Crippen molar-refractivity contribution in [3.8, 4) is 0 Å². The van der Waals surface area contributed by atoms with E-state index in [0.717, 1.165) is 12.8 Å². The summed E-state index contributed by atoms with van der Waals surface area (Å²) < 4.78 is 14.0. The molecule has 3 rings (SSSR count). The van der Waals surface area contributed by atoms with Gasteiger partial charge in [-0.15, -0.1) is 0 Å². The molecule has 2 fully saturated rings. The summed E-state index contributed by atoms with van der Waals surface area (Å²) in [6.07, 6.45) is 2.17. The second-order valence-electron chi connectivity index (χ2n) is 6.67. The van der Waals surface area contributed by atoms with E-state index in [-0.39, 0.29) is 23.3 Å². The highest BCUT2D eigenvalue weighted by Crippen LogP contribution is 2.25. The second-order valence-corrected chi connectivity index (χ2v) is 6.67. The molecule has 0 radical (unpaired) electrons. The number of piperazine rings is 1. The summed E-state index contributed by atoms with van der Waals surface area (Å²) in [6.45, 7) is 6.09. The smallest absolute Gasteiger partial charge is 0.237 e. The van der Waals surface area contributed by atoms with Gasteiger partial charge in [-0.1, -0.05) is 6.07 Å². The molecule has 0 aromatic heterocycles. The van der Waals surface area contributed by atoms with E-state index < -0.39 is 5.82 Å². The molecule has 0 spiro atoms. The minimum absolute atomic E-state index is 0.0844. The SMILES string of the molecule is CC(=O)c1c(F)cccc1N1CCN(C(C)C(=O)NC2CC2)CC1. The van der Waals surface area contributed by atoms with E-state index in [9.17, 15) is 14.0 Å². The van der Waals surface area contributed by atoms with Crippen LogP contribution in [0.25, 0.3) is 0 Å². The first-order valence-electron chi connectivity index (χ1n) is 8.56. The summed E-state index contributed by atoms with van der Waals surface area (Å²) in [5.41, 5.74) is 0.808. The Hall–Kier alpha value is -1.95. The van der Waals surface area contributed by atoms with E-state index >= 15 is 0 Å². The summed E-state index contributed by atoms with van der Waals surface area (Å²) in [6, 6.07) is 4.95. The Balaban J connectivity index is 1.64. The van der Waals surface area contributed by atoms with Crippen molar-refractivity contribution in [2.75, 3.05) is 31.1 Å². The lowest BCUT2D eigenvalue weighted by Crippen LogP contribution is -2.54. The number of halogens is 1. The van der Waals surface area contributed by atoms with Crippen LogP contribution in [-0.2, 0) is 4.79 Å². The lowest BCUT2D eigenvalue weighted by molar-refractivity contribution is -0.126. The third-order valence-corrected chi connectivity index (χ3v) is 4.85. The van der Waals surface area contributed by atoms with E-state index in [2.05, 4.69) is 10.2 Å². The molecule has 5 nitrogen and oxygen atoms in total. The standard InChI is InChI=1S/C18H24FN3O2/c1-12(18(24)20-14-6-7-14)21-8-10-22(11-9-21)16-5-3-4-15(19)17(16)13(2)23/h3-5,12,14H,6-11H2,1-2H3,(H,20,24). The molecule has 2 aliphatic rings. The minimum atomic E-state index is -0.473. The molecule has 130 valence electrons. The maximum Gasteiger partial charge on any atom is 0.237 e. The van der Waals surface area contributed by atoms with Gasteiger partial charge in [-0.3, -0.25) is 14.5 Å². The Bertz CT molecular complexity index is 637. The highest BCUT2D eigenvalue weighted by atomic mass is 19.1. The van der Waals surface area contributed by atoms with E-state index in [1.807, 2.05) is 11.8 Å². The van der Waals surface area contributed by atoms with Crippen LogP contribution in [0.3, 0.4) is 0 Å². The predicted octanol–water partition coefficient (Wildman–Crippen LogP) is 1.82. The fourth-order valence-electron chi connectivity index (χ4n) is 3.19. The van der Waals surface area contributed by atoms with Crippen molar-refractivity contribution in [3.05, 3.63) is 29.6 Å². The predicted molar refractivity (Wildman–Crippen MR) is 90.8 cm³/mol. The van der Waals surface area contributed by atoms with E-state index in [0.29, 0.717) is 37.9 Å². The first-order chi connectivity index (χ1) is 11.5. The van der Waals surface area contributed by atoms with Crippen molar-refractivity contribution in [2.24, 2.45) is 0 Å². The molecule has 6 heteroatoms. The zero-order valence-corrected chi connectivity index (χ0v) is 14.2. The van der Waals surface area contributed by atoms with Crippen LogP contribution in [0.1, 0.15) is 37.0 Å². The number of carbonyl (C=O) groups excluding carboxylic acids is 2. The first-order valence-corrected chi connectivity index (χ1v) is 8.56. The van der Waals surface area contributed by atoms with Crippen molar-refractivity contribution in [3.63, 3.8) is 0 Å². The normalized spacial score (nSPS) is 19.9. The summed E-state index contributed by atoms with van der Waals surface area (Å²) in [7, 11) is 0. The Kier molecular flexibility index (Phi) is 4.85. The van der Waals surface area contributed by atoms with Crippen molar-refractivity contribution in [2.45, 2.75) is 38.8 Å². The van der Waals surface area contributed by atoms with Crippen LogP contribution >= 0.6 is 0 Å². The maximum atomic E-state index is 14.0. The van der Waals surface area contributed by atoms with E-state index in [4.69, 9.17) is 0 Å². The van der Waals surface area contributed by atoms with Gasteiger partial charge in [0.15, 0.2) is 5.78 Å². The van der Waals surface area contributed by atoms with E-state index in [1.165, 1.54) is 13.0 Å². The molecule has 1 N–H and O–H groups in total. The molecule has 1 aliphatic carbocycles. The molecule has 0 bridgehead atoms. The minimum Gasteiger partial charge on any atom is -0.368 e. The Labute approximate surface area is 141 Å². The molecule has 1 amide bonds. The topological polar surface area (TPSA) is 52.7 Å². The van der Waals surface area contributed by atoms with Gasteiger partial charge in [0.1, 0.15) is 5.82 Å². The van der Waals surface area contributed by atoms with Gasteiger partial charge in [0.2, 0.25) is 5.91 Å². The van der Waals surface area contributed by atoms with Gasteiger partial charge in [-0.2, -0.15) is 0 Å². The Morgan fingerprint density at radius 2 is 1.88 bits per heavy atom. The molecular formula is C18H24FN3O2. The average molecular weight is 333 g/mol. The number of nitrogens with zero attached hydrogens (tertiary/aromatic N) is 2. The number of hydrogen-bond donors (Lipinski definition) is 1. The number of hydrogen-bond acceptors (Lipinski definition) is 4. The van der Waals surface area contributed by atoms with Crippen molar-refractivity contribution in [1.82, 2.24) is 10.2 Å². The maximum absolute atomic E-state index is 14.0. The zero-order valence-electron chi connectivity index (χ0n) is 14.2. The summed E-state index contributed by atoms with van der Waals surface area (Å²) in [5, 5.41) is 3.04. The number of carbonyl (C=O) groups is 2. The van der Waals surface area contributed by atoms with Gasteiger partial charge in [0.25, 0.3) is 0 Å². The molecule has 1 saturated carbocycles. The van der Waals surface area contributed by atoms with Gasteiger partial charge in [-0.25, -0.2) is 4.39 Å². The molecule has 1 unspecified atom stereocenters. The van der Waals surface area contributed by atoms with Gasteiger partial charge in [0.05, 0.1) is 17.3 Å². The second kappa shape index (κ2) is 6.89. The number of amides is 1. The molecule has 1 atom stereocenters. The summed E-state index contributed by atoms with van der Waals surface area (Å²) >= 11 is 0. The van der Waals surface area contributed by atoms with Crippen molar-refractivity contribution < 1.29 is 14.0 Å². The van der Waals surface area contributed by atoms with Gasteiger partial charge >= 0.3 is 0 Å². The van der Waals surface area contributed by atoms with Crippen LogP contribution < -0.4 is 10.2 Å². The van der Waals surface area contributed by atoms with Gasteiger partial charge in [0, 0.05) is 32.2 Å². The molecule has 1 aromatic rings. The lowest BCUT2D eigenvalue weighted by atomic mass is 10.1. The highest BCUT2D eigenvalue weighted by Gasteiger charge is 2.30. The lowest BCUT2D eigenvalue weighted by Gasteiger charge is -2.39. The van der Waals surface area contributed by atoms with Crippen LogP contribution in [-0.4, -0.2) is 54.9 Å². The number of Topliss-reactive ketones (excluding diaryl/α,β-unsaturated/α-hetero) is 1. The summed E-state index contributed by atoms with van der Waals surface area (Å²) in [5.74, 6) is -0.650. The number of ketones is 1. The van der Waals surface area contributed by atoms with Gasteiger partial charge < -0.3 is 10.2 Å². The third-order valence-electron chi connectivity index (χ3n) is 4.85. The summed E-state index contributed by atoms with van der Waals surface area (Å²) in [4.78, 5) is 28.1. The van der Waals surface area contributed by atoms with Gasteiger partial charge in [-0.05, 0) is 38.8 Å². The first kappa shape index (κ1) is 16.9. The highest BCUT2D eigenvalue weighted by molar-refractivity contribution is 6.00. The third kappa shape index (κ3) is 3.59. The van der Waals surface area contributed by atoms with Crippen molar-refractivity contribution >= 4 is 17.4 Å². The van der Waals surface area contributed by atoms with E-state index in [1.54, 1.807) is 12.1 Å². The number of benzene rings is 1. The quantitative estimate of drug-likeness (QED) is 0.835. The van der Waals surface area contributed by atoms with Crippen molar-refractivity contribution in [1.29, 1.82) is 0 Å². The van der Waals surface area contributed by atoms with Crippen LogP contribution in [0, 0.1) is 5.82 Å². The molecule has 1 aliphatic heterocycles.